The van der Waals surface area contributed by atoms with Crippen LogP contribution in [0, 0.1) is 0 Å². The Morgan fingerprint density at radius 1 is 1.57 bits per heavy atom. The van der Waals surface area contributed by atoms with Crippen molar-refractivity contribution in [3.05, 3.63) is 5.89 Å². The number of hydrogen-bond donors (Lipinski definition) is 0. The van der Waals surface area contributed by atoms with E-state index in [1.54, 1.807) is 18.7 Å². The highest BCUT2D eigenvalue weighted by Crippen LogP contribution is 2.22. The predicted molar refractivity (Wildman–Crippen MR) is 57.5 cm³/mol. The van der Waals surface area contributed by atoms with Crippen LogP contribution in [0.1, 0.15) is 19.7 Å². The molecular formula is C8H12N2O2S2. The Morgan fingerprint density at radius 2 is 2.29 bits per heavy atom. The SMILES string of the molecule is CSCc1nnc(SC(C)C(C)=O)o1. The number of carbonyl (C=O) groups is 1. The molecule has 1 atom stereocenters. The van der Waals surface area contributed by atoms with E-state index >= 15 is 0 Å². The van der Waals surface area contributed by atoms with Crippen LogP contribution in [0.4, 0.5) is 0 Å². The van der Waals surface area contributed by atoms with E-state index in [0.717, 1.165) is 0 Å². The van der Waals surface area contributed by atoms with Gasteiger partial charge in [-0.2, -0.15) is 11.8 Å². The zero-order valence-electron chi connectivity index (χ0n) is 8.31. The average Bonchev–Trinajstić information content (AvgIpc) is 2.53. The van der Waals surface area contributed by atoms with Gasteiger partial charge in [0.05, 0.1) is 11.0 Å². The lowest BCUT2D eigenvalue weighted by Gasteiger charge is -2.00. The summed E-state index contributed by atoms with van der Waals surface area (Å²) in [6.07, 6.45) is 1.97. The van der Waals surface area contributed by atoms with E-state index in [1.807, 2.05) is 13.2 Å². The Bertz CT molecular complexity index is 314. The van der Waals surface area contributed by atoms with E-state index in [4.69, 9.17) is 4.42 Å². The number of thioether (sulfide) groups is 2. The fraction of sp³-hybridized carbons (Fsp3) is 0.625. The molecule has 4 nitrogen and oxygen atoms in total. The molecule has 0 aromatic carbocycles. The van der Waals surface area contributed by atoms with Gasteiger partial charge >= 0.3 is 0 Å². The van der Waals surface area contributed by atoms with Gasteiger partial charge in [-0.25, -0.2) is 0 Å². The number of carbonyl (C=O) groups excluding carboxylic acids is 1. The van der Waals surface area contributed by atoms with Crippen LogP contribution in [0.2, 0.25) is 0 Å². The highest BCUT2D eigenvalue weighted by Gasteiger charge is 2.14. The first-order chi connectivity index (χ1) is 6.63. The molecule has 0 N–H and O–H groups in total. The van der Waals surface area contributed by atoms with E-state index in [9.17, 15) is 4.79 Å². The first-order valence-corrected chi connectivity index (χ1v) is 6.39. The predicted octanol–water partition coefficient (Wildman–Crippen LogP) is 2.00. The fourth-order valence-electron chi connectivity index (χ4n) is 0.702. The molecule has 0 amide bonds. The standard InChI is InChI=1S/C8H12N2O2S2/c1-5(11)6(2)14-8-10-9-7(12-8)4-13-3/h6H,4H2,1-3H3. The van der Waals surface area contributed by atoms with Gasteiger partial charge in [-0.05, 0) is 20.1 Å². The Labute approximate surface area is 91.2 Å². The lowest BCUT2D eigenvalue weighted by Crippen LogP contribution is -2.07. The van der Waals surface area contributed by atoms with Crippen LogP contribution in [0.3, 0.4) is 0 Å². The van der Waals surface area contributed by atoms with Gasteiger partial charge in [-0.15, -0.1) is 10.2 Å². The minimum Gasteiger partial charge on any atom is -0.415 e. The van der Waals surface area contributed by atoms with Crippen LogP contribution in [-0.4, -0.2) is 27.5 Å². The summed E-state index contributed by atoms with van der Waals surface area (Å²) in [5, 5.41) is 8.03. The summed E-state index contributed by atoms with van der Waals surface area (Å²) in [5.41, 5.74) is 0. The van der Waals surface area contributed by atoms with Crippen LogP contribution in [0.25, 0.3) is 0 Å². The molecule has 0 bridgehead atoms. The maximum atomic E-state index is 11.0. The second kappa shape index (κ2) is 5.41. The molecule has 1 rings (SSSR count). The van der Waals surface area contributed by atoms with Crippen LogP contribution in [-0.2, 0) is 10.5 Å². The van der Waals surface area contributed by atoms with E-state index < -0.39 is 0 Å². The van der Waals surface area contributed by atoms with Gasteiger partial charge < -0.3 is 4.42 Å². The first kappa shape index (κ1) is 11.6. The van der Waals surface area contributed by atoms with Crippen LogP contribution in [0.5, 0.6) is 0 Å². The minimum atomic E-state index is -0.127. The first-order valence-electron chi connectivity index (χ1n) is 4.12. The Morgan fingerprint density at radius 3 is 2.86 bits per heavy atom. The zero-order chi connectivity index (χ0) is 10.6. The molecule has 0 saturated carbocycles. The quantitative estimate of drug-likeness (QED) is 0.724. The molecule has 0 spiro atoms. The number of ketones is 1. The molecular weight excluding hydrogens is 220 g/mol. The van der Waals surface area contributed by atoms with Crippen molar-refractivity contribution in [2.45, 2.75) is 30.1 Å². The molecule has 0 aliphatic rings. The third-order valence-electron chi connectivity index (χ3n) is 1.57. The van der Waals surface area contributed by atoms with Crippen molar-refractivity contribution >= 4 is 29.3 Å². The van der Waals surface area contributed by atoms with E-state index in [2.05, 4.69) is 10.2 Å². The summed E-state index contributed by atoms with van der Waals surface area (Å²) in [7, 11) is 0. The van der Waals surface area contributed by atoms with Gasteiger partial charge in [0.15, 0.2) is 0 Å². The molecule has 6 heteroatoms. The number of Topliss-reactive ketones (excluding diaryl/α,β-unsaturated/α-hetero) is 1. The molecule has 0 radical (unpaired) electrons. The van der Waals surface area contributed by atoms with Crippen LogP contribution < -0.4 is 0 Å². The average molecular weight is 232 g/mol. The van der Waals surface area contributed by atoms with E-state index in [1.165, 1.54) is 11.8 Å². The molecule has 1 heterocycles. The fourth-order valence-corrected chi connectivity index (χ4v) is 1.77. The third-order valence-corrected chi connectivity index (χ3v) is 3.15. The van der Waals surface area contributed by atoms with Gasteiger partial charge in [0.1, 0.15) is 5.78 Å². The normalized spacial score (nSPS) is 12.8. The van der Waals surface area contributed by atoms with Crippen LogP contribution >= 0.6 is 23.5 Å². The van der Waals surface area contributed by atoms with Gasteiger partial charge in [0.2, 0.25) is 5.89 Å². The number of aromatic nitrogens is 2. The van der Waals surface area contributed by atoms with Gasteiger partial charge in [0.25, 0.3) is 5.22 Å². The minimum absolute atomic E-state index is 0.111. The van der Waals surface area contributed by atoms with Crippen molar-refractivity contribution in [3.8, 4) is 0 Å². The molecule has 0 saturated heterocycles. The van der Waals surface area contributed by atoms with Gasteiger partial charge in [0, 0.05) is 0 Å². The number of nitrogens with zero attached hydrogens (tertiary/aromatic N) is 2. The Kier molecular flexibility index (Phi) is 4.47. The molecule has 0 aliphatic carbocycles. The molecule has 0 aliphatic heterocycles. The molecule has 78 valence electrons. The molecule has 14 heavy (non-hydrogen) atoms. The summed E-state index contributed by atoms with van der Waals surface area (Å²) in [5.74, 6) is 1.43. The molecule has 1 aromatic rings. The topological polar surface area (TPSA) is 56.0 Å². The largest absolute Gasteiger partial charge is 0.415 e. The van der Waals surface area contributed by atoms with Crippen molar-refractivity contribution in [2.24, 2.45) is 0 Å². The summed E-state index contributed by atoms with van der Waals surface area (Å²) >= 11 is 2.92. The van der Waals surface area contributed by atoms with Gasteiger partial charge in [-0.1, -0.05) is 11.8 Å². The smallest absolute Gasteiger partial charge is 0.277 e. The maximum absolute atomic E-state index is 11.0. The molecule has 1 unspecified atom stereocenters. The maximum Gasteiger partial charge on any atom is 0.277 e. The second-order valence-corrected chi connectivity index (χ2v) is 4.92. The monoisotopic (exact) mass is 232 g/mol. The highest BCUT2D eigenvalue weighted by atomic mass is 32.2. The Balaban J connectivity index is 2.55. The lowest BCUT2D eigenvalue weighted by molar-refractivity contribution is -0.116. The van der Waals surface area contributed by atoms with E-state index in [-0.39, 0.29) is 11.0 Å². The molecule has 0 fully saturated rings. The van der Waals surface area contributed by atoms with Crippen molar-refractivity contribution in [1.82, 2.24) is 10.2 Å². The van der Waals surface area contributed by atoms with Crippen molar-refractivity contribution in [1.29, 1.82) is 0 Å². The van der Waals surface area contributed by atoms with E-state index in [0.29, 0.717) is 16.9 Å². The third kappa shape index (κ3) is 3.34. The van der Waals surface area contributed by atoms with Crippen molar-refractivity contribution < 1.29 is 9.21 Å². The highest BCUT2D eigenvalue weighted by molar-refractivity contribution is 8.00. The summed E-state index contributed by atoms with van der Waals surface area (Å²) < 4.78 is 5.31. The summed E-state index contributed by atoms with van der Waals surface area (Å²) in [6.45, 7) is 3.38. The van der Waals surface area contributed by atoms with Crippen molar-refractivity contribution in [3.63, 3.8) is 0 Å². The van der Waals surface area contributed by atoms with Gasteiger partial charge in [-0.3, -0.25) is 4.79 Å². The zero-order valence-corrected chi connectivity index (χ0v) is 9.94. The number of hydrogen-bond acceptors (Lipinski definition) is 6. The molecule has 1 aromatic heterocycles. The lowest BCUT2D eigenvalue weighted by atomic mass is 10.3. The summed E-state index contributed by atoms with van der Waals surface area (Å²) in [6, 6.07) is 0. The van der Waals surface area contributed by atoms with Crippen molar-refractivity contribution in [2.75, 3.05) is 6.26 Å². The Hall–Kier alpha value is -0.490. The number of rotatable bonds is 5. The summed E-state index contributed by atoms with van der Waals surface area (Å²) in [4.78, 5) is 11.0. The second-order valence-electron chi connectivity index (χ2n) is 2.77. The van der Waals surface area contributed by atoms with Crippen LogP contribution in [0.15, 0.2) is 9.64 Å².